The summed E-state index contributed by atoms with van der Waals surface area (Å²) in [5.41, 5.74) is 3.22. The number of fused-ring (bicyclic) bond motifs is 2. The van der Waals surface area contributed by atoms with E-state index in [9.17, 15) is 9.59 Å². The molecule has 0 saturated carbocycles. The molecule has 1 aliphatic carbocycles. The number of esters is 1. The summed E-state index contributed by atoms with van der Waals surface area (Å²) in [4.78, 5) is 26.7. The Morgan fingerprint density at radius 2 is 2.03 bits per heavy atom. The zero-order valence-electron chi connectivity index (χ0n) is 16.9. The number of carbonyl (C=O) groups excluding carboxylic acids is 2. The molecule has 1 aromatic carbocycles. The molecule has 9 heteroatoms. The van der Waals surface area contributed by atoms with E-state index < -0.39 is 0 Å². The number of aromatic amines is 1. The van der Waals surface area contributed by atoms with Crippen molar-refractivity contribution in [3.8, 4) is 22.8 Å². The summed E-state index contributed by atoms with van der Waals surface area (Å²) in [6.45, 7) is 2.26. The van der Waals surface area contributed by atoms with Crippen LogP contribution in [0.2, 0.25) is 0 Å². The number of anilines is 1. The first-order valence-electron chi connectivity index (χ1n) is 10.2. The molecule has 0 spiro atoms. The zero-order chi connectivity index (χ0) is 21.4. The van der Waals surface area contributed by atoms with Gasteiger partial charge in [-0.15, -0.1) is 11.3 Å². The molecule has 3 heterocycles. The number of H-pyrrole nitrogens is 1. The summed E-state index contributed by atoms with van der Waals surface area (Å²) in [5, 5.41) is 10.5. The zero-order valence-corrected chi connectivity index (χ0v) is 17.8. The molecule has 0 saturated heterocycles. The van der Waals surface area contributed by atoms with Gasteiger partial charge in [0.2, 0.25) is 6.79 Å². The first-order valence-corrected chi connectivity index (χ1v) is 11.0. The first kappa shape index (κ1) is 19.6. The molecule has 1 aliphatic heterocycles. The molecule has 0 radical (unpaired) electrons. The number of hydrogen-bond donors (Lipinski definition) is 2. The Kier molecular flexibility index (Phi) is 5.11. The second-order valence-corrected chi connectivity index (χ2v) is 8.43. The van der Waals surface area contributed by atoms with Crippen molar-refractivity contribution in [1.82, 2.24) is 10.2 Å². The summed E-state index contributed by atoms with van der Waals surface area (Å²) < 4.78 is 16.0. The molecule has 2 aromatic heterocycles. The maximum atomic E-state index is 12.9. The lowest BCUT2D eigenvalue weighted by molar-refractivity contribution is 0.0526. The molecule has 1 amide bonds. The fourth-order valence-corrected chi connectivity index (χ4v) is 5.16. The number of amides is 1. The van der Waals surface area contributed by atoms with Crippen LogP contribution in [0.3, 0.4) is 0 Å². The second-order valence-electron chi connectivity index (χ2n) is 7.32. The second kappa shape index (κ2) is 8.07. The highest BCUT2D eigenvalue weighted by molar-refractivity contribution is 7.17. The van der Waals surface area contributed by atoms with Crippen molar-refractivity contribution in [1.29, 1.82) is 0 Å². The molecule has 5 rings (SSSR count). The van der Waals surface area contributed by atoms with Crippen molar-refractivity contribution in [2.24, 2.45) is 0 Å². The molecule has 0 bridgehead atoms. The van der Waals surface area contributed by atoms with Crippen molar-refractivity contribution in [3.05, 3.63) is 46.0 Å². The van der Waals surface area contributed by atoms with Crippen molar-refractivity contribution < 1.29 is 23.8 Å². The Balaban J connectivity index is 1.40. The van der Waals surface area contributed by atoms with Crippen molar-refractivity contribution in [2.45, 2.75) is 32.6 Å². The monoisotopic (exact) mass is 439 g/mol. The topological polar surface area (TPSA) is 103 Å². The molecule has 0 fully saturated rings. The summed E-state index contributed by atoms with van der Waals surface area (Å²) >= 11 is 1.46. The van der Waals surface area contributed by atoms with E-state index in [2.05, 4.69) is 15.5 Å². The van der Waals surface area contributed by atoms with Crippen LogP contribution >= 0.6 is 11.3 Å². The summed E-state index contributed by atoms with van der Waals surface area (Å²) in [6, 6.07) is 7.17. The Hall–Kier alpha value is -3.33. The summed E-state index contributed by atoms with van der Waals surface area (Å²) in [6.07, 6.45) is 3.86. The minimum Gasteiger partial charge on any atom is -0.462 e. The lowest BCUT2D eigenvalue weighted by Gasteiger charge is -2.12. The van der Waals surface area contributed by atoms with E-state index >= 15 is 0 Å². The molecule has 2 aliphatic rings. The molecule has 8 nitrogen and oxygen atoms in total. The number of aryl methyl sites for hydroxylation is 1. The van der Waals surface area contributed by atoms with Gasteiger partial charge in [0, 0.05) is 10.4 Å². The molecule has 3 aromatic rings. The number of ether oxygens (including phenoxy) is 3. The van der Waals surface area contributed by atoms with Crippen LogP contribution < -0.4 is 14.8 Å². The van der Waals surface area contributed by atoms with Gasteiger partial charge in [0.15, 0.2) is 11.5 Å². The lowest BCUT2D eigenvalue weighted by Crippen LogP contribution is -2.16. The van der Waals surface area contributed by atoms with E-state index in [1.807, 2.05) is 18.2 Å². The molecule has 2 N–H and O–H groups in total. The number of aromatic nitrogens is 2. The number of rotatable bonds is 5. The average molecular weight is 439 g/mol. The van der Waals surface area contributed by atoms with E-state index in [-0.39, 0.29) is 25.3 Å². The van der Waals surface area contributed by atoms with Gasteiger partial charge in [0.25, 0.3) is 5.91 Å². The maximum absolute atomic E-state index is 12.9. The number of hydrogen-bond acceptors (Lipinski definition) is 7. The Morgan fingerprint density at radius 1 is 1.19 bits per heavy atom. The van der Waals surface area contributed by atoms with Crippen LogP contribution in [-0.4, -0.2) is 35.5 Å². The molecule has 0 unspecified atom stereocenters. The van der Waals surface area contributed by atoms with Gasteiger partial charge in [-0.1, -0.05) is 0 Å². The standard InChI is InChI=1S/C22H21N3O5S/c1-2-28-22(27)19-13-5-3-4-6-18(13)31-21(19)23-20(26)15-10-14(24-25-15)12-7-8-16-17(9-12)30-11-29-16/h7-10H,2-6,11H2,1H3,(H,23,26)(H,24,25). The van der Waals surface area contributed by atoms with Gasteiger partial charge in [-0.2, -0.15) is 5.10 Å². The number of nitrogens with one attached hydrogen (secondary N) is 2. The van der Waals surface area contributed by atoms with Gasteiger partial charge in [-0.05, 0) is 62.4 Å². The predicted molar refractivity (Wildman–Crippen MR) is 115 cm³/mol. The van der Waals surface area contributed by atoms with Gasteiger partial charge < -0.3 is 19.5 Å². The normalized spacial score (nSPS) is 14.2. The number of carbonyl (C=O) groups is 2. The third-order valence-corrected chi connectivity index (χ3v) is 6.58. The highest BCUT2D eigenvalue weighted by Gasteiger charge is 2.28. The van der Waals surface area contributed by atoms with E-state index in [1.54, 1.807) is 13.0 Å². The van der Waals surface area contributed by atoms with E-state index in [0.29, 0.717) is 33.5 Å². The van der Waals surface area contributed by atoms with E-state index in [4.69, 9.17) is 14.2 Å². The van der Waals surface area contributed by atoms with Gasteiger partial charge in [-0.25, -0.2) is 4.79 Å². The highest BCUT2D eigenvalue weighted by atomic mass is 32.1. The Morgan fingerprint density at radius 3 is 2.90 bits per heavy atom. The minimum absolute atomic E-state index is 0.195. The summed E-state index contributed by atoms with van der Waals surface area (Å²) in [5.74, 6) is 0.589. The molecular weight excluding hydrogens is 418 g/mol. The average Bonchev–Trinajstić information content (AvgIpc) is 3.50. The van der Waals surface area contributed by atoms with Crippen LogP contribution in [0.1, 0.15) is 51.1 Å². The van der Waals surface area contributed by atoms with Crippen LogP contribution in [0.25, 0.3) is 11.3 Å². The van der Waals surface area contributed by atoms with Crippen LogP contribution in [0, 0.1) is 0 Å². The Bertz CT molecular complexity index is 1170. The van der Waals surface area contributed by atoms with Gasteiger partial charge in [0.1, 0.15) is 10.7 Å². The van der Waals surface area contributed by atoms with Crippen molar-refractivity contribution in [3.63, 3.8) is 0 Å². The van der Waals surface area contributed by atoms with E-state index in [0.717, 1.165) is 41.7 Å². The van der Waals surface area contributed by atoms with Crippen molar-refractivity contribution in [2.75, 3.05) is 18.7 Å². The fourth-order valence-electron chi connectivity index (χ4n) is 3.89. The minimum atomic E-state index is -0.386. The lowest BCUT2D eigenvalue weighted by atomic mass is 9.95. The fraction of sp³-hybridized carbons (Fsp3) is 0.318. The van der Waals surface area contributed by atoms with Crippen LogP contribution in [-0.2, 0) is 17.6 Å². The third kappa shape index (κ3) is 3.65. The van der Waals surface area contributed by atoms with Gasteiger partial charge in [0.05, 0.1) is 17.9 Å². The van der Waals surface area contributed by atoms with Gasteiger partial charge in [-0.3, -0.25) is 9.89 Å². The quantitative estimate of drug-likeness (QED) is 0.579. The van der Waals surface area contributed by atoms with Gasteiger partial charge >= 0.3 is 5.97 Å². The first-order chi connectivity index (χ1) is 15.1. The maximum Gasteiger partial charge on any atom is 0.341 e. The summed E-state index contributed by atoms with van der Waals surface area (Å²) in [7, 11) is 0. The molecule has 160 valence electrons. The predicted octanol–water partition coefficient (Wildman–Crippen LogP) is 4.17. The van der Waals surface area contributed by atoms with Crippen LogP contribution in [0.15, 0.2) is 24.3 Å². The number of nitrogens with zero attached hydrogens (tertiary/aromatic N) is 1. The highest BCUT2D eigenvalue weighted by Crippen LogP contribution is 2.39. The number of thiophene rings is 1. The Labute approximate surface area is 182 Å². The van der Waals surface area contributed by atoms with Crippen molar-refractivity contribution >= 4 is 28.2 Å². The SMILES string of the molecule is CCOC(=O)c1c(NC(=O)c2cc(-c3ccc4c(c3)OCO4)n[nH]2)sc2c1CCCC2. The van der Waals surface area contributed by atoms with E-state index in [1.165, 1.54) is 11.3 Å². The van der Waals surface area contributed by atoms with Crippen LogP contribution in [0.5, 0.6) is 11.5 Å². The van der Waals surface area contributed by atoms with Crippen LogP contribution in [0.4, 0.5) is 5.00 Å². The molecule has 31 heavy (non-hydrogen) atoms. The molecular formula is C22H21N3O5S. The largest absolute Gasteiger partial charge is 0.462 e. The smallest absolute Gasteiger partial charge is 0.341 e. The third-order valence-electron chi connectivity index (χ3n) is 5.37. The molecule has 0 atom stereocenters. The number of benzene rings is 1.